The summed E-state index contributed by atoms with van der Waals surface area (Å²) in [6.07, 6.45) is 0.893. The second-order valence-corrected chi connectivity index (χ2v) is 4.79. The normalized spacial score (nSPS) is 18.4. The second-order valence-electron chi connectivity index (χ2n) is 3.95. The van der Waals surface area contributed by atoms with Gasteiger partial charge in [-0.25, -0.2) is 4.98 Å². The minimum atomic E-state index is 0.686. The molecular weight excluding hydrogens is 208 g/mol. The maximum Gasteiger partial charge on any atom is 0.185 e. The molecule has 1 saturated heterocycles. The van der Waals surface area contributed by atoms with Crippen LogP contribution in [0.4, 0.5) is 5.13 Å². The van der Waals surface area contributed by atoms with Crippen molar-refractivity contribution in [3.63, 3.8) is 0 Å². The molecule has 4 nitrogen and oxygen atoms in total. The van der Waals surface area contributed by atoms with Crippen molar-refractivity contribution < 1.29 is 0 Å². The number of nitrogens with zero attached hydrogens (tertiary/aromatic N) is 3. The van der Waals surface area contributed by atoms with E-state index in [1.54, 1.807) is 11.3 Å². The highest BCUT2D eigenvalue weighted by atomic mass is 32.1. The van der Waals surface area contributed by atoms with Gasteiger partial charge in [-0.1, -0.05) is 0 Å². The third-order valence-electron chi connectivity index (χ3n) is 2.71. The first-order chi connectivity index (χ1) is 7.29. The second kappa shape index (κ2) is 4.92. The number of likely N-dealkylation sites (N-methyl/N-ethyl adjacent to an activating group) is 1. The third-order valence-corrected chi connectivity index (χ3v) is 3.66. The van der Waals surface area contributed by atoms with E-state index in [-0.39, 0.29) is 0 Å². The Hall–Kier alpha value is -0.650. The monoisotopic (exact) mass is 226 g/mol. The summed E-state index contributed by atoms with van der Waals surface area (Å²) < 4.78 is 0. The van der Waals surface area contributed by atoms with Gasteiger partial charge in [0, 0.05) is 38.0 Å². The van der Waals surface area contributed by atoms with Crippen LogP contribution < -0.4 is 10.6 Å². The molecule has 0 unspecified atom stereocenters. The van der Waals surface area contributed by atoms with Gasteiger partial charge in [0.15, 0.2) is 5.13 Å². The van der Waals surface area contributed by atoms with Crippen molar-refractivity contribution >= 4 is 16.5 Å². The molecule has 0 amide bonds. The number of anilines is 1. The van der Waals surface area contributed by atoms with Gasteiger partial charge in [0.2, 0.25) is 0 Å². The first-order valence-electron chi connectivity index (χ1n) is 5.37. The fourth-order valence-electron chi connectivity index (χ4n) is 1.70. The van der Waals surface area contributed by atoms with Crippen molar-refractivity contribution in [2.45, 2.75) is 6.42 Å². The van der Waals surface area contributed by atoms with Gasteiger partial charge in [-0.3, -0.25) is 0 Å². The number of piperazine rings is 1. The molecule has 1 fully saturated rings. The first-order valence-corrected chi connectivity index (χ1v) is 6.25. The van der Waals surface area contributed by atoms with Gasteiger partial charge in [-0.2, -0.15) is 0 Å². The Morgan fingerprint density at radius 2 is 2.13 bits per heavy atom. The lowest BCUT2D eigenvalue weighted by molar-refractivity contribution is 0.312. The average molecular weight is 226 g/mol. The maximum absolute atomic E-state index is 5.51. The highest BCUT2D eigenvalue weighted by Crippen LogP contribution is 2.21. The molecule has 0 bridgehead atoms. The smallest absolute Gasteiger partial charge is 0.185 e. The van der Waals surface area contributed by atoms with Gasteiger partial charge in [-0.05, 0) is 13.6 Å². The summed E-state index contributed by atoms with van der Waals surface area (Å²) in [5, 5.41) is 3.28. The lowest BCUT2D eigenvalue weighted by Crippen LogP contribution is -2.44. The number of hydrogen-bond donors (Lipinski definition) is 1. The predicted molar refractivity (Wildman–Crippen MR) is 64.6 cm³/mol. The van der Waals surface area contributed by atoms with Crippen molar-refractivity contribution in [1.29, 1.82) is 0 Å². The molecule has 0 spiro atoms. The molecule has 5 heteroatoms. The van der Waals surface area contributed by atoms with Crippen LogP contribution in [0.1, 0.15) is 5.69 Å². The summed E-state index contributed by atoms with van der Waals surface area (Å²) in [6.45, 7) is 5.13. The van der Waals surface area contributed by atoms with Crippen molar-refractivity contribution in [1.82, 2.24) is 9.88 Å². The topological polar surface area (TPSA) is 45.4 Å². The predicted octanol–water partition coefficient (Wildman–Crippen LogP) is 0.396. The van der Waals surface area contributed by atoms with Gasteiger partial charge >= 0.3 is 0 Å². The summed E-state index contributed by atoms with van der Waals surface area (Å²) in [4.78, 5) is 9.31. The van der Waals surface area contributed by atoms with E-state index in [1.165, 1.54) is 0 Å². The molecule has 1 aromatic rings. The zero-order valence-corrected chi connectivity index (χ0v) is 9.96. The van der Waals surface area contributed by atoms with Crippen LogP contribution in [0.2, 0.25) is 0 Å². The molecule has 2 rings (SSSR count). The molecule has 0 saturated carbocycles. The quantitative estimate of drug-likeness (QED) is 0.810. The van der Waals surface area contributed by atoms with E-state index in [4.69, 9.17) is 5.73 Å². The molecular formula is C10H18N4S. The van der Waals surface area contributed by atoms with E-state index in [0.29, 0.717) is 6.54 Å². The van der Waals surface area contributed by atoms with E-state index < -0.39 is 0 Å². The zero-order valence-electron chi connectivity index (χ0n) is 9.15. The number of nitrogens with two attached hydrogens (primary N) is 1. The Morgan fingerprint density at radius 1 is 1.40 bits per heavy atom. The summed E-state index contributed by atoms with van der Waals surface area (Å²) in [7, 11) is 2.17. The van der Waals surface area contributed by atoms with Crippen molar-refractivity contribution in [2.24, 2.45) is 5.73 Å². The Morgan fingerprint density at radius 3 is 2.80 bits per heavy atom. The molecule has 1 aliphatic heterocycles. The first kappa shape index (κ1) is 10.9. The van der Waals surface area contributed by atoms with Crippen molar-refractivity contribution in [3.05, 3.63) is 11.1 Å². The molecule has 0 aromatic carbocycles. The Bertz CT molecular complexity index is 304. The summed E-state index contributed by atoms with van der Waals surface area (Å²) in [6, 6.07) is 0. The van der Waals surface area contributed by atoms with E-state index in [2.05, 4.69) is 27.2 Å². The highest BCUT2D eigenvalue weighted by Gasteiger charge is 2.16. The molecule has 0 aliphatic carbocycles. The fraction of sp³-hybridized carbons (Fsp3) is 0.700. The summed E-state index contributed by atoms with van der Waals surface area (Å²) in [5.41, 5.74) is 6.65. The van der Waals surface area contributed by atoms with Crippen LogP contribution in [-0.4, -0.2) is 49.7 Å². The van der Waals surface area contributed by atoms with Crippen LogP contribution in [0.3, 0.4) is 0 Å². The van der Waals surface area contributed by atoms with Crippen LogP contribution >= 0.6 is 11.3 Å². The Labute approximate surface area is 94.7 Å². The summed E-state index contributed by atoms with van der Waals surface area (Å²) in [5.74, 6) is 0. The molecule has 1 aromatic heterocycles. The minimum Gasteiger partial charge on any atom is -0.346 e. The molecule has 2 heterocycles. The number of thiazole rings is 1. The largest absolute Gasteiger partial charge is 0.346 e. The van der Waals surface area contributed by atoms with Gasteiger partial charge in [0.25, 0.3) is 0 Å². The minimum absolute atomic E-state index is 0.686. The van der Waals surface area contributed by atoms with E-state index in [1.807, 2.05) is 0 Å². The number of hydrogen-bond acceptors (Lipinski definition) is 5. The van der Waals surface area contributed by atoms with Gasteiger partial charge in [0.05, 0.1) is 5.69 Å². The SMILES string of the molecule is CN1CCN(c2nc(CCN)cs2)CC1. The lowest BCUT2D eigenvalue weighted by Gasteiger charge is -2.32. The van der Waals surface area contributed by atoms with Crippen molar-refractivity contribution in [2.75, 3.05) is 44.7 Å². The van der Waals surface area contributed by atoms with Crippen LogP contribution in [-0.2, 0) is 6.42 Å². The molecule has 15 heavy (non-hydrogen) atoms. The van der Waals surface area contributed by atoms with Crippen LogP contribution in [0.25, 0.3) is 0 Å². The van der Waals surface area contributed by atoms with Crippen LogP contribution in [0.15, 0.2) is 5.38 Å². The average Bonchev–Trinajstić information content (AvgIpc) is 2.68. The third kappa shape index (κ3) is 2.68. The lowest BCUT2D eigenvalue weighted by atomic mass is 10.3. The molecule has 0 atom stereocenters. The van der Waals surface area contributed by atoms with Crippen LogP contribution in [0.5, 0.6) is 0 Å². The maximum atomic E-state index is 5.51. The van der Waals surface area contributed by atoms with Crippen molar-refractivity contribution in [3.8, 4) is 0 Å². The van der Waals surface area contributed by atoms with Gasteiger partial charge < -0.3 is 15.5 Å². The fourth-order valence-corrected chi connectivity index (χ4v) is 2.62. The summed E-state index contributed by atoms with van der Waals surface area (Å²) >= 11 is 1.74. The van der Waals surface area contributed by atoms with Crippen LogP contribution in [0, 0.1) is 0 Å². The Balaban J connectivity index is 1.96. The zero-order chi connectivity index (χ0) is 10.7. The molecule has 1 aliphatic rings. The Kier molecular flexibility index (Phi) is 3.56. The van der Waals surface area contributed by atoms with Gasteiger partial charge in [0.1, 0.15) is 0 Å². The highest BCUT2D eigenvalue weighted by molar-refractivity contribution is 7.13. The number of aromatic nitrogens is 1. The van der Waals surface area contributed by atoms with E-state index in [9.17, 15) is 0 Å². The molecule has 0 radical (unpaired) electrons. The number of rotatable bonds is 3. The van der Waals surface area contributed by atoms with E-state index in [0.717, 1.165) is 43.4 Å². The van der Waals surface area contributed by atoms with E-state index >= 15 is 0 Å². The molecule has 84 valence electrons. The van der Waals surface area contributed by atoms with Gasteiger partial charge in [-0.15, -0.1) is 11.3 Å². The standard InChI is InChI=1S/C10H18N4S/c1-13-4-6-14(7-5-13)10-12-9(2-3-11)8-15-10/h8H,2-7,11H2,1H3. The molecule has 2 N–H and O–H groups in total.